The fourth-order valence-corrected chi connectivity index (χ4v) is 2.20. The van der Waals surface area contributed by atoms with Gasteiger partial charge in [0.1, 0.15) is 18.2 Å². The third-order valence-corrected chi connectivity index (χ3v) is 3.24. The van der Waals surface area contributed by atoms with Gasteiger partial charge >= 0.3 is 0 Å². The first-order valence-electron chi connectivity index (χ1n) is 6.60. The zero-order valence-corrected chi connectivity index (χ0v) is 11.3. The van der Waals surface area contributed by atoms with E-state index in [0.29, 0.717) is 6.61 Å². The topological polar surface area (TPSA) is 34.2 Å². The van der Waals surface area contributed by atoms with Gasteiger partial charge in [-0.2, -0.15) is 0 Å². The Hall–Kier alpha value is -2.55. The number of aromatic nitrogens is 1. The lowest BCUT2D eigenvalue weighted by Gasteiger charge is -2.10. The van der Waals surface area contributed by atoms with Crippen LogP contribution in [0.2, 0.25) is 0 Å². The molecule has 0 aliphatic rings. The van der Waals surface area contributed by atoms with Gasteiger partial charge in [0.2, 0.25) is 0 Å². The molecule has 0 unspecified atom stereocenters. The van der Waals surface area contributed by atoms with E-state index in [-0.39, 0.29) is 0 Å². The molecule has 100 valence electrons. The SMILES string of the molecule is CNc1ncccc1COc1ccc2ccccc2c1. The molecule has 0 saturated carbocycles. The van der Waals surface area contributed by atoms with Crippen molar-refractivity contribution < 1.29 is 4.74 Å². The number of anilines is 1. The van der Waals surface area contributed by atoms with Crippen LogP contribution in [-0.4, -0.2) is 12.0 Å². The molecule has 0 fully saturated rings. The average molecular weight is 264 g/mol. The smallest absolute Gasteiger partial charge is 0.132 e. The first kappa shape index (κ1) is 12.5. The summed E-state index contributed by atoms with van der Waals surface area (Å²) in [6.07, 6.45) is 1.77. The number of fused-ring (bicyclic) bond motifs is 1. The summed E-state index contributed by atoms with van der Waals surface area (Å²) in [4.78, 5) is 4.27. The van der Waals surface area contributed by atoms with E-state index >= 15 is 0 Å². The molecule has 3 heteroatoms. The third kappa shape index (κ3) is 2.57. The first-order valence-corrected chi connectivity index (χ1v) is 6.60. The Morgan fingerprint density at radius 3 is 2.70 bits per heavy atom. The molecule has 0 radical (unpaired) electrons. The summed E-state index contributed by atoms with van der Waals surface area (Å²) in [5.41, 5.74) is 1.04. The van der Waals surface area contributed by atoms with Crippen LogP contribution in [0, 0.1) is 0 Å². The van der Waals surface area contributed by atoms with Crippen LogP contribution < -0.4 is 10.1 Å². The van der Waals surface area contributed by atoms with Crippen LogP contribution in [0.3, 0.4) is 0 Å². The predicted molar refractivity (Wildman–Crippen MR) is 82.1 cm³/mol. The van der Waals surface area contributed by atoms with E-state index < -0.39 is 0 Å². The number of ether oxygens (including phenoxy) is 1. The minimum Gasteiger partial charge on any atom is -0.489 e. The van der Waals surface area contributed by atoms with E-state index in [0.717, 1.165) is 17.1 Å². The molecule has 0 spiro atoms. The summed E-state index contributed by atoms with van der Waals surface area (Å²) < 4.78 is 5.86. The van der Waals surface area contributed by atoms with Crippen molar-refractivity contribution in [3.8, 4) is 5.75 Å². The van der Waals surface area contributed by atoms with Gasteiger partial charge in [-0.3, -0.25) is 0 Å². The maximum absolute atomic E-state index is 5.86. The van der Waals surface area contributed by atoms with Gasteiger partial charge in [-0.05, 0) is 29.0 Å². The monoisotopic (exact) mass is 264 g/mol. The summed E-state index contributed by atoms with van der Waals surface area (Å²) in [6, 6.07) is 18.3. The Morgan fingerprint density at radius 2 is 1.85 bits per heavy atom. The lowest BCUT2D eigenvalue weighted by Crippen LogP contribution is -2.02. The molecule has 0 saturated heterocycles. The maximum atomic E-state index is 5.86. The highest BCUT2D eigenvalue weighted by atomic mass is 16.5. The van der Waals surface area contributed by atoms with Crippen LogP contribution in [0.4, 0.5) is 5.82 Å². The van der Waals surface area contributed by atoms with Crippen LogP contribution in [0.1, 0.15) is 5.56 Å². The molecule has 3 rings (SSSR count). The van der Waals surface area contributed by atoms with Crippen LogP contribution in [0.15, 0.2) is 60.8 Å². The van der Waals surface area contributed by atoms with E-state index in [4.69, 9.17) is 4.74 Å². The Kier molecular flexibility index (Phi) is 3.50. The normalized spacial score (nSPS) is 10.4. The van der Waals surface area contributed by atoms with E-state index in [1.54, 1.807) is 6.20 Å². The molecule has 3 nitrogen and oxygen atoms in total. The lowest BCUT2D eigenvalue weighted by molar-refractivity contribution is 0.307. The summed E-state index contributed by atoms with van der Waals surface area (Å²) in [7, 11) is 1.86. The van der Waals surface area contributed by atoms with E-state index in [1.807, 2.05) is 37.4 Å². The molecular formula is C17H16N2O. The average Bonchev–Trinajstić information content (AvgIpc) is 2.53. The number of pyridine rings is 1. The van der Waals surface area contributed by atoms with E-state index in [9.17, 15) is 0 Å². The molecule has 0 aliphatic heterocycles. The highest BCUT2D eigenvalue weighted by molar-refractivity contribution is 5.83. The maximum Gasteiger partial charge on any atom is 0.132 e. The second kappa shape index (κ2) is 5.61. The second-order valence-electron chi connectivity index (χ2n) is 4.56. The number of benzene rings is 2. The van der Waals surface area contributed by atoms with Gasteiger partial charge in [-0.25, -0.2) is 4.98 Å². The van der Waals surface area contributed by atoms with Gasteiger partial charge in [0.15, 0.2) is 0 Å². The molecule has 1 N–H and O–H groups in total. The van der Waals surface area contributed by atoms with Crippen molar-refractivity contribution in [3.05, 3.63) is 66.4 Å². The molecule has 0 bridgehead atoms. The Labute approximate surface area is 118 Å². The summed E-state index contributed by atoms with van der Waals surface area (Å²) in [5.74, 6) is 1.72. The van der Waals surface area contributed by atoms with Crippen LogP contribution in [0.5, 0.6) is 5.75 Å². The molecule has 0 aliphatic carbocycles. The molecule has 3 aromatic rings. The first-order chi connectivity index (χ1) is 9.86. The van der Waals surface area contributed by atoms with E-state index in [1.165, 1.54) is 10.8 Å². The fourth-order valence-electron chi connectivity index (χ4n) is 2.20. The van der Waals surface area contributed by atoms with Gasteiger partial charge in [0.05, 0.1) is 0 Å². The number of rotatable bonds is 4. The molecular weight excluding hydrogens is 248 g/mol. The second-order valence-corrected chi connectivity index (χ2v) is 4.56. The highest BCUT2D eigenvalue weighted by Crippen LogP contribution is 2.22. The number of nitrogens with zero attached hydrogens (tertiary/aromatic N) is 1. The fraction of sp³-hybridized carbons (Fsp3) is 0.118. The number of hydrogen-bond donors (Lipinski definition) is 1. The Morgan fingerprint density at radius 1 is 1.00 bits per heavy atom. The van der Waals surface area contributed by atoms with Crippen molar-refractivity contribution >= 4 is 16.6 Å². The molecule has 20 heavy (non-hydrogen) atoms. The molecule has 1 aromatic heterocycles. The van der Waals surface area contributed by atoms with Crippen LogP contribution in [0.25, 0.3) is 10.8 Å². The van der Waals surface area contributed by atoms with Gasteiger partial charge in [-0.1, -0.05) is 36.4 Å². The molecule has 2 aromatic carbocycles. The van der Waals surface area contributed by atoms with Gasteiger partial charge < -0.3 is 10.1 Å². The molecule has 0 atom stereocenters. The summed E-state index contributed by atoms with van der Waals surface area (Å²) >= 11 is 0. The minimum absolute atomic E-state index is 0.502. The molecule has 1 heterocycles. The van der Waals surface area contributed by atoms with Gasteiger partial charge in [0, 0.05) is 18.8 Å². The third-order valence-electron chi connectivity index (χ3n) is 3.24. The number of nitrogens with one attached hydrogen (secondary N) is 1. The Balaban J connectivity index is 1.79. The molecule has 0 amide bonds. The van der Waals surface area contributed by atoms with Crippen molar-refractivity contribution in [2.75, 3.05) is 12.4 Å². The van der Waals surface area contributed by atoms with Crippen molar-refractivity contribution in [3.63, 3.8) is 0 Å². The zero-order valence-electron chi connectivity index (χ0n) is 11.3. The zero-order chi connectivity index (χ0) is 13.8. The number of hydrogen-bond acceptors (Lipinski definition) is 3. The summed E-state index contributed by atoms with van der Waals surface area (Å²) in [6.45, 7) is 0.502. The standard InChI is InChI=1S/C17H16N2O/c1-18-17-15(7-4-10-19-17)12-20-16-9-8-13-5-2-3-6-14(13)11-16/h2-11H,12H2,1H3,(H,18,19). The minimum atomic E-state index is 0.502. The van der Waals surface area contributed by atoms with Gasteiger partial charge in [-0.15, -0.1) is 0 Å². The van der Waals surface area contributed by atoms with Crippen molar-refractivity contribution in [1.82, 2.24) is 4.98 Å². The highest BCUT2D eigenvalue weighted by Gasteiger charge is 2.03. The van der Waals surface area contributed by atoms with Crippen molar-refractivity contribution in [1.29, 1.82) is 0 Å². The van der Waals surface area contributed by atoms with Crippen molar-refractivity contribution in [2.24, 2.45) is 0 Å². The van der Waals surface area contributed by atoms with Crippen LogP contribution >= 0.6 is 0 Å². The largest absolute Gasteiger partial charge is 0.489 e. The van der Waals surface area contributed by atoms with Crippen LogP contribution in [-0.2, 0) is 6.61 Å². The summed E-state index contributed by atoms with van der Waals surface area (Å²) in [5, 5.41) is 5.48. The van der Waals surface area contributed by atoms with E-state index in [2.05, 4.69) is 34.6 Å². The lowest BCUT2D eigenvalue weighted by atomic mass is 10.1. The van der Waals surface area contributed by atoms with Gasteiger partial charge in [0.25, 0.3) is 0 Å². The predicted octanol–water partition coefficient (Wildman–Crippen LogP) is 3.86. The quantitative estimate of drug-likeness (QED) is 0.777. The Bertz CT molecular complexity index is 725. The van der Waals surface area contributed by atoms with Crippen molar-refractivity contribution in [2.45, 2.75) is 6.61 Å².